The van der Waals surface area contributed by atoms with Crippen molar-refractivity contribution in [3.8, 4) is 0 Å². The molecule has 2 heterocycles. The standard InChI is InChI=1S/C23H30F2N2O4/c1-22(2,3)30-20(28)26-10-9-15(18(25)13-26)17-12-27(21(29)31-23(4,5)6)19-11-14(24)7-8-16(17)19/h7-8,11-12,15,18H,9-10,13H2,1-6H3/t15-,18+/m1/s1. The molecule has 0 radical (unpaired) electrons. The number of nitrogens with zero attached hydrogens (tertiary/aromatic N) is 2. The van der Waals surface area contributed by atoms with Crippen LogP contribution in [0.1, 0.15) is 59.4 Å². The number of carbonyl (C=O) groups excluding carboxylic acids is 2. The minimum absolute atomic E-state index is 0.111. The SMILES string of the molecule is CC(C)(C)OC(=O)N1CC[C@H](c2cn(C(=O)OC(C)(C)C)c3cc(F)ccc23)[C@@H](F)C1. The molecule has 0 saturated carbocycles. The highest BCUT2D eigenvalue weighted by molar-refractivity contribution is 5.92. The Morgan fingerprint density at radius 1 is 1.03 bits per heavy atom. The van der Waals surface area contributed by atoms with E-state index in [0.29, 0.717) is 29.4 Å². The quantitative estimate of drug-likeness (QED) is 0.582. The van der Waals surface area contributed by atoms with Crippen LogP contribution < -0.4 is 0 Å². The molecule has 0 aliphatic carbocycles. The molecule has 2 aromatic rings. The van der Waals surface area contributed by atoms with Gasteiger partial charge < -0.3 is 14.4 Å². The van der Waals surface area contributed by atoms with Crippen LogP contribution in [0, 0.1) is 5.82 Å². The van der Waals surface area contributed by atoms with Gasteiger partial charge in [0.1, 0.15) is 23.2 Å². The number of piperidine rings is 1. The van der Waals surface area contributed by atoms with Gasteiger partial charge in [0.15, 0.2) is 0 Å². The fourth-order valence-electron chi connectivity index (χ4n) is 3.73. The molecular formula is C23H30F2N2O4. The molecule has 1 aliphatic heterocycles. The third-order valence-corrected chi connectivity index (χ3v) is 4.98. The van der Waals surface area contributed by atoms with Crippen LogP contribution in [-0.2, 0) is 9.47 Å². The second kappa shape index (κ2) is 8.13. The van der Waals surface area contributed by atoms with E-state index < -0.39 is 41.3 Å². The van der Waals surface area contributed by atoms with Crippen molar-refractivity contribution in [3.05, 3.63) is 35.8 Å². The number of rotatable bonds is 1. The Hall–Kier alpha value is -2.64. The van der Waals surface area contributed by atoms with Crippen molar-refractivity contribution >= 4 is 23.1 Å². The predicted octanol–water partition coefficient (Wildman–Crippen LogP) is 5.63. The van der Waals surface area contributed by atoms with Crippen LogP contribution in [0.3, 0.4) is 0 Å². The van der Waals surface area contributed by atoms with Gasteiger partial charge in [0.2, 0.25) is 0 Å². The molecule has 6 nitrogen and oxygen atoms in total. The number of benzene rings is 1. The van der Waals surface area contributed by atoms with Gasteiger partial charge in [-0.25, -0.2) is 18.4 Å². The molecule has 1 amide bonds. The fraction of sp³-hybridized carbons (Fsp3) is 0.565. The molecule has 1 aromatic carbocycles. The summed E-state index contributed by atoms with van der Waals surface area (Å²) in [6.45, 7) is 10.7. The molecule has 1 aromatic heterocycles. The summed E-state index contributed by atoms with van der Waals surface area (Å²) in [7, 11) is 0. The molecule has 1 aliphatic rings. The lowest BCUT2D eigenvalue weighted by Gasteiger charge is -2.35. The minimum Gasteiger partial charge on any atom is -0.444 e. The van der Waals surface area contributed by atoms with Crippen LogP contribution in [-0.4, -0.2) is 52.1 Å². The van der Waals surface area contributed by atoms with Gasteiger partial charge in [-0.15, -0.1) is 0 Å². The number of carbonyl (C=O) groups is 2. The van der Waals surface area contributed by atoms with E-state index in [2.05, 4.69) is 0 Å². The summed E-state index contributed by atoms with van der Waals surface area (Å²) in [6, 6.07) is 4.08. The number of aromatic nitrogens is 1. The van der Waals surface area contributed by atoms with Gasteiger partial charge in [-0.2, -0.15) is 0 Å². The van der Waals surface area contributed by atoms with Gasteiger partial charge in [-0.3, -0.25) is 4.57 Å². The summed E-state index contributed by atoms with van der Waals surface area (Å²) in [6.07, 6.45) is -0.684. The molecule has 8 heteroatoms. The van der Waals surface area contributed by atoms with Crippen molar-refractivity contribution in [2.45, 2.75) is 71.3 Å². The zero-order valence-corrected chi connectivity index (χ0v) is 18.9. The topological polar surface area (TPSA) is 60.8 Å². The maximum Gasteiger partial charge on any atom is 0.419 e. The first kappa shape index (κ1) is 23.0. The highest BCUT2D eigenvalue weighted by atomic mass is 19.1. The number of ether oxygens (including phenoxy) is 2. The van der Waals surface area contributed by atoms with Gasteiger partial charge in [0.05, 0.1) is 12.1 Å². The Balaban J connectivity index is 1.90. The van der Waals surface area contributed by atoms with Crippen LogP contribution in [0.5, 0.6) is 0 Å². The van der Waals surface area contributed by atoms with Crippen LogP contribution >= 0.6 is 0 Å². The Morgan fingerprint density at radius 3 is 2.23 bits per heavy atom. The summed E-state index contributed by atoms with van der Waals surface area (Å²) >= 11 is 0. The maximum absolute atomic E-state index is 15.2. The number of fused-ring (bicyclic) bond motifs is 1. The molecule has 3 rings (SSSR count). The van der Waals surface area contributed by atoms with E-state index in [1.165, 1.54) is 27.8 Å². The van der Waals surface area contributed by atoms with Gasteiger partial charge in [-0.05, 0) is 71.7 Å². The lowest BCUT2D eigenvalue weighted by atomic mass is 9.88. The Morgan fingerprint density at radius 2 is 1.65 bits per heavy atom. The van der Waals surface area contributed by atoms with Crippen molar-refractivity contribution in [1.82, 2.24) is 9.47 Å². The Labute approximate surface area is 181 Å². The number of alkyl halides is 1. The first-order valence-corrected chi connectivity index (χ1v) is 10.4. The number of hydrogen-bond donors (Lipinski definition) is 0. The van der Waals surface area contributed by atoms with E-state index in [9.17, 15) is 14.0 Å². The van der Waals surface area contributed by atoms with Crippen LogP contribution in [0.4, 0.5) is 18.4 Å². The summed E-state index contributed by atoms with van der Waals surface area (Å²) in [5, 5.41) is 0.589. The van der Waals surface area contributed by atoms with Crippen molar-refractivity contribution in [2.75, 3.05) is 13.1 Å². The van der Waals surface area contributed by atoms with E-state index in [-0.39, 0.29) is 6.54 Å². The van der Waals surface area contributed by atoms with Crippen molar-refractivity contribution in [1.29, 1.82) is 0 Å². The Bertz CT molecular complexity index is 988. The molecule has 2 atom stereocenters. The third-order valence-electron chi connectivity index (χ3n) is 4.98. The van der Waals surface area contributed by atoms with Gasteiger partial charge in [-0.1, -0.05) is 0 Å². The van der Waals surface area contributed by atoms with Crippen LogP contribution in [0.2, 0.25) is 0 Å². The summed E-state index contributed by atoms with van der Waals surface area (Å²) in [5.74, 6) is -1.05. The number of amides is 1. The van der Waals surface area contributed by atoms with Gasteiger partial charge in [0.25, 0.3) is 0 Å². The average molecular weight is 436 g/mol. The Kier molecular flexibility index (Phi) is 6.04. The number of likely N-dealkylation sites (tertiary alicyclic amines) is 1. The lowest BCUT2D eigenvalue weighted by molar-refractivity contribution is 0.0112. The molecule has 0 bridgehead atoms. The third kappa shape index (κ3) is 5.35. The molecule has 0 spiro atoms. The van der Waals surface area contributed by atoms with Crippen LogP contribution in [0.15, 0.2) is 24.4 Å². The zero-order valence-electron chi connectivity index (χ0n) is 18.9. The summed E-state index contributed by atoms with van der Waals surface area (Å²) in [5.41, 5.74) is -0.476. The molecule has 1 saturated heterocycles. The lowest BCUT2D eigenvalue weighted by Crippen LogP contribution is -2.46. The predicted molar refractivity (Wildman–Crippen MR) is 114 cm³/mol. The van der Waals surface area contributed by atoms with Crippen molar-refractivity contribution < 1.29 is 27.8 Å². The summed E-state index contributed by atoms with van der Waals surface area (Å²) < 4.78 is 41.1. The minimum atomic E-state index is -1.36. The average Bonchev–Trinajstić information content (AvgIpc) is 2.97. The van der Waals surface area contributed by atoms with Gasteiger partial charge in [0, 0.05) is 24.0 Å². The molecule has 0 N–H and O–H groups in total. The van der Waals surface area contributed by atoms with E-state index in [0.717, 1.165) is 0 Å². The molecule has 0 unspecified atom stereocenters. The van der Waals surface area contributed by atoms with Crippen molar-refractivity contribution in [3.63, 3.8) is 0 Å². The van der Waals surface area contributed by atoms with E-state index in [1.807, 2.05) is 0 Å². The van der Waals surface area contributed by atoms with Crippen molar-refractivity contribution in [2.24, 2.45) is 0 Å². The van der Waals surface area contributed by atoms with Crippen LogP contribution in [0.25, 0.3) is 10.9 Å². The highest BCUT2D eigenvalue weighted by Gasteiger charge is 2.36. The molecule has 170 valence electrons. The normalized spacial score (nSPS) is 20.1. The largest absolute Gasteiger partial charge is 0.444 e. The smallest absolute Gasteiger partial charge is 0.419 e. The van der Waals surface area contributed by atoms with E-state index >= 15 is 4.39 Å². The van der Waals surface area contributed by atoms with E-state index in [4.69, 9.17) is 9.47 Å². The zero-order chi connectivity index (χ0) is 23.1. The monoisotopic (exact) mass is 436 g/mol. The highest BCUT2D eigenvalue weighted by Crippen LogP contribution is 2.37. The first-order chi connectivity index (χ1) is 14.2. The maximum atomic E-state index is 15.2. The molecular weight excluding hydrogens is 406 g/mol. The number of halogens is 2. The fourth-order valence-corrected chi connectivity index (χ4v) is 3.73. The molecule has 31 heavy (non-hydrogen) atoms. The summed E-state index contributed by atoms with van der Waals surface area (Å²) in [4.78, 5) is 26.4. The molecule has 1 fully saturated rings. The van der Waals surface area contributed by atoms with E-state index in [1.54, 1.807) is 47.6 Å². The second-order valence-corrected chi connectivity index (χ2v) is 9.93. The number of hydrogen-bond acceptors (Lipinski definition) is 4. The first-order valence-electron chi connectivity index (χ1n) is 10.4. The van der Waals surface area contributed by atoms with Gasteiger partial charge >= 0.3 is 12.2 Å². The second-order valence-electron chi connectivity index (χ2n) is 9.93.